The number of benzene rings is 1. The number of hydrogen-bond donors (Lipinski definition) is 1. The van der Waals surface area contributed by atoms with Gasteiger partial charge in [-0.3, -0.25) is 4.79 Å². The van der Waals surface area contributed by atoms with Gasteiger partial charge < -0.3 is 5.32 Å². The molecule has 0 aliphatic heterocycles. The summed E-state index contributed by atoms with van der Waals surface area (Å²) >= 11 is 3.22. The van der Waals surface area contributed by atoms with Gasteiger partial charge in [-0.05, 0) is 52.2 Å². The van der Waals surface area contributed by atoms with Crippen molar-refractivity contribution in [3.63, 3.8) is 0 Å². The van der Waals surface area contributed by atoms with Gasteiger partial charge in [0.05, 0.1) is 0 Å². The molecule has 5 heteroatoms. The van der Waals surface area contributed by atoms with Gasteiger partial charge in [-0.2, -0.15) is 0 Å². The maximum absolute atomic E-state index is 12.7. The number of carbonyl (C=O) groups is 1. The van der Waals surface area contributed by atoms with Crippen LogP contribution in [0, 0.1) is 5.82 Å². The Hall–Kier alpha value is -1.75. The Morgan fingerprint density at radius 2 is 2.00 bits per heavy atom. The van der Waals surface area contributed by atoms with E-state index in [0.29, 0.717) is 23.1 Å². The van der Waals surface area contributed by atoms with Crippen LogP contribution in [0.5, 0.6) is 0 Å². The van der Waals surface area contributed by atoms with Crippen LogP contribution in [0.3, 0.4) is 0 Å². The van der Waals surface area contributed by atoms with Crippen molar-refractivity contribution >= 4 is 21.8 Å². The molecule has 98 valence electrons. The molecule has 2 rings (SSSR count). The fourth-order valence-corrected chi connectivity index (χ4v) is 1.98. The van der Waals surface area contributed by atoms with E-state index >= 15 is 0 Å². The minimum absolute atomic E-state index is 0.148. The number of amides is 1. The Morgan fingerprint density at radius 1 is 1.26 bits per heavy atom. The van der Waals surface area contributed by atoms with Crippen molar-refractivity contribution in [3.05, 3.63) is 64.1 Å². The Kier molecular flexibility index (Phi) is 4.63. The largest absolute Gasteiger partial charge is 0.352 e. The number of hydrogen-bond acceptors (Lipinski definition) is 2. The van der Waals surface area contributed by atoms with Crippen molar-refractivity contribution in [1.82, 2.24) is 10.3 Å². The summed E-state index contributed by atoms with van der Waals surface area (Å²) in [5.74, 6) is -0.403. The maximum atomic E-state index is 12.7. The Bertz CT molecular complexity index is 572. The molecular formula is C14H12BrFN2O. The molecule has 19 heavy (non-hydrogen) atoms. The SMILES string of the molecule is O=C(NCCc1ccc(F)cc1)c1ccnc(Br)c1. The lowest BCUT2D eigenvalue weighted by Crippen LogP contribution is -2.25. The molecule has 0 radical (unpaired) electrons. The molecule has 1 heterocycles. The molecule has 0 aliphatic rings. The number of aromatic nitrogens is 1. The zero-order valence-corrected chi connectivity index (χ0v) is 11.7. The minimum atomic E-state index is -0.255. The van der Waals surface area contributed by atoms with Crippen LogP contribution in [0.2, 0.25) is 0 Å². The summed E-state index contributed by atoms with van der Waals surface area (Å²) in [7, 11) is 0. The quantitative estimate of drug-likeness (QED) is 0.879. The molecule has 1 aromatic carbocycles. The zero-order valence-electron chi connectivity index (χ0n) is 10.1. The van der Waals surface area contributed by atoms with Gasteiger partial charge in [0.2, 0.25) is 0 Å². The van der Waals surface area contributed by atoms with E-state index in [9.17, 15) is 9.18 Å². The van der Waals surface area contributed by atoms with E-state index in [4.69, 9.17) is 0 Å². The van der Waals surface area contributed by atoms with Crippen LogP contribution in [-0.4, -0.2) is 17.4 Å². The molecule has 0 fully saturated rings. The summed E-state index contributed by atoms with van der Waals surface area (Å²) in [6, 6.07) is 9.56. The van der Waals surface area contributed by atoms with E-state index < -0.39 is 0 Å². The minimum Gasteiger partial charge on any atom is -0.352 e. The highest BCUT2D eigenvalue weighted by Crippen LogP contribution is 2.08. The Balaban J connectivity index is 1.86. The van der Waals surface area contributed by atoms with Crippen LogP contribution >= 0.6 is 15.9 Å². The molecule has 0 spiro atoms. The average molecular weight is 323 g/mol. The molecular weight excluding hydrogens is 311 g/mol. The normalized spacial score (nSPS) is 10.2. The van der Waals surface area contributed by atoms with Crippen LogP contribution in [0.4, 0.5) is 4.39 Å². The third-order valence-corrected chi connectivity index (χ3v) is 3.03. The molecule has 0 unspecified atom stereocenters. The van der Waals surface area contributed by atoms with Gasteiger partial charge in [0, 0.05) is 18.3 Å². The highest BCUT2D eigenvalue weighted by Gasteiger charge is 2.05. The monoisotopic (exact) mass is 322 g/mol. The average Bonchev–Trinajstić information content (AvgIpc) is 2.41. The Labute approximate surface area is 119 Å². The molecule has 2 aromatic rings. The zero-order chi connectivity index (χ0) is 13.7. The van der Waals surface area contributed by atoms with E-state index in [1.807, 2.05) is 0 Å². The summed E-state index contributed by atoms with van der Waals surface area (Å²) in [6.07, 6.45) is 2.23. The smallest absolute Gasteiger partial charge is 0.251 e. The lowest BCUT2D eigenvalue weighted by atomic mass is 10.1. The lowest BCUT2D eigenvalue weighted by Gasteiger charge is -2.05. The van der Waals surface area contributed by atoms with E-state index in [0.717, 1.165) is 5.56 Å². The van der Waals surface area contributed by atoms with Crippen LogP contribution in [0.1, 0.15) is 15.9 Å². The second kappa shape index (κ2) is 6.43. The predicted molar refractivity (Wildman–Crippen MR) is 74.4 cm³/mol. The van der Waals surface area contributed by atoms with Gasteiger partial charge in [-0.1, -0.05) is 12.1 Å². The molecule has 3 nitrogen and oxygen atoms in total. The molecule has 0 saturated heterocycles. The molecule has 0 atom stereocenters. The molecule has 0 aliphatic carbocycles. The van der Waals surface area contributed by atoms with Crippen LogP contribution in [0.25, 0.3) is 0 Å². The second-order valence-electron chi connectivity index (χ2n) is 4.00. The summed E-state index contributed by atoms with van der Waals surface area (Å²) < 4.78 is 13.3. The molecule has 1 aromatic heterocycles. The topological polar surface area (TPSA) is 42.0 Å². The summed E-state index contributed by atoms with van der Waals surface area (Å²) in [4.78, 5) is 15.8. The molecule has 1 amide bonds. The first kappa shape index (κ1) is 13.7. The van der Waals surface area contributed by atoms with Crippen LogP contribution < -0.4 is 5.32 Å². The van der Waals surface area contributed by atoms with E-state index in [-0.39, 0.29) is 11.7 Å². The third kappa shape index (κ3) is 4.13. The summed E-state index contributed by atoms with van der Waals surface area (Å²) in [6.45, 7) is 0.504. The van der Waals surface area contributed by atoms with Gasteiger partial charge in [0.15, 0.2) is 0 Å². The van der Waals surface area contributed by atoms with E-state index in [1.165, 1.54) is 12.1 Å². The van der Waals surface area contributed by atoms with Crippen molar-refractivity contribution in [2.24, 2.45) is 0 Å². The first-order chi connectivity index (χ1) is 9.15. The number of pyridine rings is 1. The van der Waals surface area contributed by atoms with Crippen LogP contribution in [-0.2, 0) is 6.42 Å². The van der Waals surface area contributed by atoms with Gasteiger partial charge in [-0.15, -0.1) is 0 Å². The number of nitrogens with zero attached hydrogens (tertiary/aromatic N) is 1. The summed E-state index contributed by atoms with van der Waals surface area (Å²) in [5.41, 5.74) is 1.54. The van der Waals surface area contributed by atoms with Gasteiger partial charge in [0.1, 0.15) is 10.4 Å². The molecule has 0 bridgehead atoms. The highest BCUT2D eigenvalue weighted by molar-refractivity contribution is 9.10. The van der Waals surface area contributed by atoms with Crippen molar-refractivity contribution in [2.75, 3.05) is 6.54 Å². The molecule has 0 saturated carbocycles. The summed E-state index contributed by atoms with van der Waals surface area (Å²) in [5, 5.41) is 2.81. The van der Waals surface area contributed by atoms with Gasteiger partial charge in [-0.25, -0.2) is 9.37 Å². The highest BCUT2D eigenvalue weighted by atomic mass is 79.9. The predicted octanol–water partition coefficient (Wildman–Crippen LogP) is 2.96. The number of halogens is 2. The first-order valence-corrected chi connectivity index (χ1v) is 6.58. The van der Waals surface area contributed by atoms with Crippen molar-refractivity contribution < 1.29 is 9.18 Å². The maximum Gasteiger partial charge on any atom is 0.251 e. The first-order valence-electron chi connectivity index (χ1n) is 5.79. The van der Waals surface area contributed by atoms with Crippen molar-refractivity contribution in [1.29, 1.82) is 0 Å². The number of carbonyl (C=O) groups excluding carboxylic acids is 1. The fraction of sp³-hybridized carbons (Fsp3) is 0.143. The van der Waals surface area contributed by atoms with E-state index in [1.54, 1.807) is 30.5 Å². The van der Waals surface area contributed by atoms with Crippen molar-refractivity contribution in [2.45, 2.75) is 6.42 Å². The van der Waals surface area contributed by atoms with Crippen molar-refractivity contribution in [3.8, 4) is 0 Å². The standard InChI is InChI=1S/C14H12BrFN2O/c15-13-9-11(6-8-17-13)14(19)18-7-5-10-1-3-12(16)4-2-10/h1-4,6,8-9H,5,7H2,(H,18,19). The van der Waals surface area contributed by atoms with Gasteiger partial charge >= 0.3 is 0 Å². The lowest BCUT2D eigenvalue weighted by molar-refractivity contribution is 0.0954. The number of nitrogens with one attached hydrogen (secondary N) is 1. The second-order valence-corrected chi connectivity index (χ2v) is 4.81. The Morgan fingerprint density at radius 3 is 2.68 bits per heavy atom. The molecule has 1 N–H and O–H groups in total. The fourth-order valence-electron chi connectivity index (χ4n) is 1.62. The number of rotatable bonds is 4. The van der Waals surface area contributed by atoms with E-state index in [2.05, 4.69) is 26.2 Å². The van der Waals surface area contributed by atoms with Crippen LogP contribution in [0.15, 0.2) is 47.2 Å². The third-order valence-electron chi connectivity index (χ3n) is 2.60. The van der Waals surface area contributed by atoms with Gasteiger partial charge in [0.25, 0.3) is 5.91 Å².